The van der Waals surface area contributed by atoms with Crippen molar-refractivity contribution in [3.8, 4) is 0 Å². The monoisotopic (exact) mass is 588 g/mol. The Hall–Kier alpha value is -0.490. The Morgan fingerprint density at radius 1 is 0.675 bits per heavy atom. The van der Waals surface area contributed by atoms with Crippen LogP contribution in [0.5, 0.6) is 0 Å². The molecule has 0 aliphatic rings. The summed E-state index contributed by atoms with van der Waals surface area (Å²) < 4.78 is 23.6. The molecule has 0 spiro atoms. The highest BCUT2D eigenvalue weighted by Gasteiger charge is 2.41. The van der Waals surface area contributed by atoms with E-state index in [2.05, 4.69) is 31.2 Å². The first-order chi connectivity index (χ1) is 19.1. The molecule has 2 unspecified atom stereocenters. The van der Waals surface area contributed by atoms with E-state index in [4.69, 9.17) is 9.26 Å². The first kappa shape index (κ1) is 39.5. The molecule has 0 aromatic carbocycles. The van der Waals surface area contributed by atoms with Crippen molar-refractivity contribution in [2.45, 2.75) is 148 Å². The third-order valence-electron chi connectivity index (χ3n) is 7.36. The number of nitrogens with zero attached hydrogens (tertiary/aromatic N) is 1. The summed E-state index contributed by atoms with van der Waals surface area (Å²) in [6.07, 6.45) is 32.1. The van der Waals surface area contributed by atoms with Crippen LogP contribution in [0.3, 0.4) is 0 Å². The predicted octanol–water partition coefficient (Wildman–Crippen LogP) is 9.16. The van der Waals surface area contributed by atoms with E-state index in [-0.39, 0.29) is 13.2 Å². The summed E-state index contributed by atoms with van der Waals surface area (Å²) in [6.45, 7) is 4.66. The Balaban J connectivity index is 3.48. The van der Waals surface area contributed by atoms with Gasteiger partial charge in [-0.15, -0.1) is 0 Å². The van der Waals surface area contributed by atoms with Crippen LogP contribution < -0.4 is 0 Å². The van der Waals surface area contributed by atoms with Crippen LogP contribution in [-0.2, 0) is 13.8 Å². The minimum Gasteiger partial charge on any atom is -0.388 e. The van der Waals surface area contributed by atoms with E-state index in [0.717, 1.165) is 25.7 Å². The van der Waals surface area contributed by atoms with E-state index in [1.54, 1.807) is 0 Å². The highest BCUT2D eigenvalue weighted by Crippen LogP contribution is 2.51. The number of hydrogen-bond donors (Lipinski definition) is 2. The summed E-state index contributed by atoms with van der Waals surface area (Å²) in [5.41, 5.74) is 0. The minimum atomic E-state index is -3.81. The SMILES string of the molecule is CCCCC/C=C\CCCCCCCCCC/C=C\CCCCCOC[C@@H](O)COP(=O)(O)C(CC)[N+](C)(C)C. The smallest absolute Gasteiger partial charge is 0.385 e. The van der Waals surface area contributed by atoms with Crippen LogP contribution in [0.4, 0.5) is 0 Å². The summed E-state index contributed by atoms with van der Waals surface area (Å²) in [7, 11) is 1.80. The number of unbranched alkanes of at least 4 members (excludes halogenated alkanes) is 15. The summed E-state index contributed by atoms with van der Waals surface area (Å²) >= 11 is 0. The molecule has 6 nitrogen and oxygen atoms in total. The van der Waals surface area contributed by atoms with Gasteiger partial charge in [0, 0.05) is 13.0 Å². The fourth-order valence-electron chi connectivity index (χ4n) is 4.97. The highest BCUT2D eigenvalue weighted by molar-refractivity contribution is 7.53. The van der Waals surface area contributed by atoms with E-state index in [1.807, 2.05) is 28.1 Å². The van der Waals surface area contributed by atoms with Crippen molar-refractivity contribution < 1.29 is 28.3 Å². The lowest BCUT2D eigenvalue weighted by Gasteiger charge is -2.35. The number of ether oxygens (including phenoxy) is 1. The second-order valence-corrected chi connectivity index (χ2v) is 14.3. The topological polar surface area (TPSA) is 76.0 Å². The number of aliphatic hydroxyl groups excluding tert-OH is 1. The molecule has 0 saturated carbocycles. The Morgan fingerprint density at radius 2 is 1.10 bits per heavy atom. The number of hydrogen-bond acceptors (Lipinski definition) is 4. The molecule has 40 heavy (non-hydrogen) atoms. The van der Waals surface area contributed by atoms with Gasteiger partial charge in [-0.1, -0.05) is 95.9 Å². The second-order valence-electron chi connectivity index (χ2n) is 12.3. The zero-order valence-corrected chi connectivity index (χ0v) is 27.9. The Labute approximate surface area is 248 Å². The molecule has 0 rings (SSSR count). The highest BCUT2D eigenvalue weighted by atomic mass is 31.2. The second kappa shape index (κ2) is 26.2. The molecule has 238 valence electrons. The van der Waals surface area contributed by atoms with Crippen LogP contribution in [0, 0.1) is 0 Å². The van der Waals surface area contributed by atoms with Crippen LogP contribution in [0.1, 0.15) is 136 Å². The molecule has 0 aromatic rings. The molecule has 0 bridgehead atoms. The molecule has 7 heteroatoms. The van der Waals surface area contributed by atoms with Gasteiger partial charge in [-0.25, -0.2) is 0 Å². The number of allylic oxidation sites excluding steroid dienone is 4. The van der Waals surface area contributed by atoms with Crippen molar-refractivity contribution >= 4 is 7.60 Å². The van der Waals surface area contributed by atoms with Gasteiger partial charge in [0.05, 0.1) is 34.4 Å². The van der Waals surface area contributed by atoms with E-state index in [9.17, 15) is 14.6 Å². The van der Waals surface area contributed by atoms with Crippen LogP contribution in [0.15, 0.2) is 24.3 Å². The predicted molar refractivity (Wildman–Crippen MR) is 172 cm³/mol. The van der Waals surface area contributed by atoms with E-state index in [1.165, 1.54) is 89.9 Å². The third-order valence-corrected chi connectivity index (χ3v) is 9.69. The van der Waals surface area contributed by atoms with E-state index < -0.39 is 19.5 Å². The summed E-state index contributed by atoms with van der Waals surface area (Å²) in [5.74, 6) is -0.517. The Bertz CT molecular complexity index is 662. The lowest BCUT2D eigenvalue weighted by atomic mass is 10.1. The largest absolute Gasteiger partial charge is 0.388 e. The van der Waals surface area contributed by atoms with Crippen molar-refractivity contribution in [2.24, 2.45) is 0 Å². The fourth-order valence-corrected chi connectivity index (χ4v) is 6.87. The molecule has 0 radical (unpaired) electrons. The maximum absolute atomic E-state index is 12.5. The number of rotatable bonds is 29. The maximum Gasteiger partial charge on any atom is 0.385 e. The molecule has 0 heterocycles. The zero-order chi connectivity index (χ0) is 30.0. The molecule has 0 aliphatic heterocycles. The maximum atomic E-state index is 12.5. The molecule has 0 aliphatic carbocycles. The summed E-state index contributed by atoms with van der Waals surface area (Å²) in [6, 6.07) is 0. The lowest BCUT2D eigenvalue weighted by Crippen LogP contribution is -2.45. The summed E-state index contributed by atoms with van der Waals surface area (Å²) in [5, 5.41) is 10.0. The van der Waals surface area contributed by atoms with Gasteiger partial charge >= 0.3 is 7.60 Å². The van der Waals surface area contributed by atoms with E-state index in [0.29, 0.717) is 17.5 Å². The van der Waals surface area contributed by atoms with Gasteiger partial charge in [-0.3, -0.25) is 4.57 Å². The van der Waals surface area contributed by atoms with Gasteiger partial charge in [-0.2, -0.15) is 0 Å². The molecular formula is C33H67NO5P+. The molecule has 0 aromatic heterocycles. The molecule has 0 fully saturated rings. The zero-order valence-electron chi connectivity index (χ0n) is 27.0. The van der Waals surface area contributed by atoms with Crippen LogP contribution >= 0.6 is 7.60 Å². The van der Waals surface area contributed by atoms with E-state index >= 15 is 0 Å². The van der Waals surface area contributed by atoms with Crippen LogP contribution in [0.2, 0.25) is 0 Å². The summed E-state index contributed by atoms with van der Waals surface area (Å²) in [4.78, 5) is 10.3. The normalized spacial score (nSPS) is 15.7. The molecule has 3 atom stereocenters. The number of aliphatic hydroxyl groups is 1. The quantitative estimate of drug-likeness (QED) is 0.0394. The lowest BCUT2D eigenvalue weighted by molar-refractivity contribution is -0.883. The van der Waals surface area contributed by atoms with Crippen molar-refractivity contribution in [1.82, 2.24) is 0 Å². The molecule has 0 amide bonds. The molecular weight excluding hydrogens is 521 g/mol. The van der Waals surface area contributed by atoms with Gasteiger partial charge in [0.15, 0.2) is 5.78 Å². The van der Waals surface area contributed by atoms with Crippen molar-refractivity contribution in [2.75, 3.05) is 41.0 Å². The first-order valence-corrected chi connectivity index (χ1v) is 18.1. The van der Waals surface area contributed by atoms with Gasteiger partial charge < -0.3 is 23.7 Å². The Kier molecular flexibility index (Phi) is 25.8. The van der Waals surface area contributed by atoms with Gasteiger partial charge in [0.2, 0.25) is 0 Å². The number of quaternary nitrogens is 1. The standard InChI is InChI=1S/C33H66NO5P/c1-6-8-9-10-11-12-13-14-15-16-17-18-19-20-21-22-23-24-25-26-27-28-29-38-30-32(35)31-39-40(36,37)33(7-2)34(3,4)5/h11-12,23-24,32-33,35H,6-10,13-22,25-31H2,1-5H3/p+1/b12-11-,24-23-/t32-,33?/m1/s1. The van der Waals surface area contributed by atoms with Crippen molar-refractivity contribution in [3.63, 3.8) is 0 Å². The third kappa shape index (κ3) is 24.1. The van der Waals surface area contributed by atoms with Gasteiger partial charge in [-0.05, 0) is 57.8 Å². The van der Waals surface area contributed by atoms with Crippen molar-refractivity contribution in [1.29, 1.82) is 0 Å². The first-order valence-electron chi connectivity index (χ1n) is 16.5. The van der Waals surface area contributed by atoms with Gasteiger partial charge in [0.25, 0.3) is 0 Å². The van der Waals surface area contributed by atoms with Crippen molar-refractivity contribution in [3.05, 3.63) is 24.3 Å². The van der Waals surface area contributed by atoms with Gasteiger partial charge in [0.1, 0.15) is 6.10 Å². The fraction of sp³-hybridized carbons (Fsp3) is 0.879. The molecule has 0 saturated heterocycles. The minimum absolute atomic E-state index is 0.123. The van der Waals surface area contributed by atoms with Crippen LogP contribution in [-0.4, -0.2) is 67.3 Å². The molecule has 2 N–H and O–H groups in total. The average Bonchev–Trinajstić information content (AvgIpc) is 2.89. The Morgan fingerprint density at radius 3 is 1.52 bits per heavy atom. The average molecular weight is 589 g/mol. The van der Waals surface area contributed by atoms with Crippen LogP contribution in [0.25, 0.3) is 0 Å².